The molecule has 1 amide bonds. The van der Waals surface area contributed by atoms with E-state index in [1.165, 1.54) is 12.1 Å². The van der Waals surface area contributed by atoms with Gasteiger partial charge in [0, 0.05) is 19.0 Å². The van der Waals surface area contributed by atoms with Gasteiger partial charge in [0.1, 0.15) is 12.1 Å². The predicted molar refractivity (Wildman–Crippen MR) is 125 cm³/mol. The van der Waals surface area contributed by atoms with Crippen LogP contribution in [0, 0.1) is 0 Å². The number of benzene rings is 1. The highest BCUT2D eigenvalue weighted by Crippen LogP contribution is 2.36. The van der Waals surface area contributed by atoms with Crippen molar-refractivity contribution in [1.29, 1.82) is 0 Å². The van der Waals surface area contributed by atoms with Gasteiger partial charge in [-0.1, -0.05) is 24.3 Å². The second-order valence-corrected chi connectivity index (χ2v) is 9.18. The molecular weight excluding hydrogens is 489 g/mol. The van der Waals surface area contributed by atoms with E-state index in [1.807, 2.05) is 24.3 Å². The fourth-order valence-corrected chi connectivity index (χ4v) is 4.87. The van der Waals surface area contributed by atoms with E-state index in [4.69, 9.17) is 4.42 Å². The van der Waals surface area contributed by atoms with Gasteiger partial charge in [-0.2, -0.15) is 18.7 Å². The molecule has 2 aliphatic heterocycles. The van der Waals surface area contributed by atoms with Crippen LogP contribution >= 0.6 is 0 Å². The number of alkyl halides is 3. The molecule has 3 aromatic rings. The second kappa shape index (κ2) is 9.07. The summed E-state index contributed by atoms with van der Waals surface area (Å²) >= 11 is 0. The van der Waals surface area contributed by atoms with Crippen LogP contribution in [0.4, 0.5) is 18.9 Å². The molecule has 0 atom stereocenters. The quantitative estimate of drug-likeness (QED) is 0.408. The summed E-state index contributed by atoms with van der Waals surface area (Å²) in [6, 6.07) is 10.4. The summed E-state index contributed by atoms with van der Waals surface area (Å²) in [7, 11) is 0. The van der Waals surface area contributed by atoms with Crippen LogP contribution in [-0.2, 0) is 30.2 Å². The van der Waals surface area contributed by atoms with Gasteiger partial charge in [-0.15, -0.1) is 10.2 Å². The van der Waals surface area contributed by atoms with Crippen LogP contribution in [0.5, 0.6) is 0 Å². The zero-order chi connectivity index (χ0) is 25.6. The molecule has 4 heterocycles. The van der Waals surface area contributed by atoms with E-state index in [9.17, 15) is 18.0 Å². The number of halogens is 3. The predicted octanol–water partition coefficient (Wildman–Crippen LogP) is 2.33. The molecule has 0 saturated heterocycles. The minimum Gasteiger partial charge on any atom is -0.419 e. The number of rotatable bonds is 5. The van der Waals surface area contributed by atoms with E-state index in [0.29, 0.717) is 32.4 Å². The number of carbonyl (C=O) groups excluding carboxylic acids is 1. The van der Waals surface area contributed by atoms with Crippen molar-refractivity contribution in [3.8, 4) is 11.6 Å². The van der Waals surface area contributed by atoms with Crippen molar-refractivity contribution in [3.63, 3.8) is 0 Å². The van der Waals surface area contributed by atoms with Gasteiger partial charge in [-0.05, 0) is 36.1 Å². The summed E-state index contributed by atoms with van der Waals surface area (Å²) in [6.07, 6.45) is -2.93. The highest BCUT2D eigenvalue weighted by Gasteiger charge is 2.37. The van der Waals surface area contributed by atoms with Gasteiger partial charge in [0.2, 0.25) is 11.8 Å². The molecule has 0 bridgehead atoms. The number of anilines is 1. The summed E-state index contributed by atoms with van der Waals surface area (Å²) in [5.41, 5.74) is 11.6. The molecule has 0 radical (unpaired) electrons. The number of carbonyl (C=O) groups is 1. The van der Waals surface area contributed by atoms with E-state index in [-0.39, 0.29) is 41.5 Å². The third-order valence-electron chi connectivity index (χ3n) is 6.69. The normalized spacial score (nSPS) is 17.3. The van der Waals surface area contributed by atoms with Gasteiger partial charge in [-0.25, -0.2) is 4.98 Å². The first kappa shape index (κ1) is 23.3. The summed E-state index contributed by atoms with van der Waals surface area (Å²) in [5.74, 6) is -0.393. The van der Waals surface area contributed by atoms with Crippen LogP contribution in [0.1, 0.15) is 29.1 Å². The molecular formula is C24H23F3N8O2. The van der Waals surface area contributed by atoms with Gasteiger partial charge in [0.25, 0.3) is 5.89 Å². The van der Waals surface area contributed by atoms with Gasteiger partial charge in [0.05, 0.1) is 23.6 Å². The maximum Gasteiger partial charge on any atom is 0.435 e. The number of amides is 1. The molecule has 3 aliphatic rings. The lowest BCUT2D eigenvalue weighted by Gasteiger charge is -2.26. The highest BCUT2D eigenvalue weighted by atomic mass is 19.4. The largest absolute Gasteiger partial charge is 0.435 e. The second-order valence-electron chi connectivity index (χ2n) is 9.18. The Kier molecular flexibility index (Phi) is 5.71. The lowest BCUT2D eigenvalue weighted by molar-refractivity contribution is -0.140. The highest BCUT2D eigenvalue weighted by molar-refractivity contribution is 5.78. The minimum absolute atomic E-state index is 0.0108. The molecule has 1 aliphatic carbocycles. The molecule has 192 valence electrons. The third kappa shape index (κ3) is 4.69. The standard InChI is InChI=1S/C24H23F3N8O2/c25-24(26,27)22-17(28-15-9-13-3-1-2-4-14(13)10-15)5-6-18(29-22)23-33-32-20(37-23)11-21(36)35-8-7-16-19(12-35)31-34-30-16/h1-6,15,28,30-31,34H,7-12H2. The number of aromatic nitrogens is 3. The van der Waals surface area contributed by atoms with Gasteiger partial charge >= 0.3 is 6.18 Å². The lowest BCUT2D eigenvalue weighted by atomic mass is 10.1. The minimum atomic E-state index is -4.69. The SMILES string of the molecule is O=C(Cc1nnc(-c2ccc(NC3Cc4ccccc4C3)c(C(F)(F)F)n2)o1)N1CCC2=C(C1)NNN2. The number of fused-ring (bicyclic) bond motifs is 1. The molecule has 1 aromatic carbocycles. The molecule has 0 saturated carbocycles. The molecule has 6 rings (SSSR count). The Hall–Kier alpha value is -4.13. The van der Waals surface area contributed by atoms with Crippen molar-refractivity contribution in [1.82, 2.24) is 36.5 Å². The van der Waals surface area contributed by atoms with Crippen molar-refractivity contribution in [2.75, 3.05) is 18.4 Å². The molecule has 2 aromatic heterocycles. The van der Waals surface area contributed by atoms with E-state index in [1.54, 1.807) is 4.90 Å². The zero-order valence-corrected chi connectivity index (χ0v) is 19.5. The van der Waals surface area contributed by atoms with Crippen molar-refractivity contribution < 1.29 is 22.4 Å². The Bertz CT molecular complexity index is 1360. The zero-order valence-electron chi connectivity index (χ0n) is 19.5. The Morgan fingerprint density at radius 2 is 1.84 bits per heavy atom. The Labute approximate surface area is 209 Å². The first-order valence-electron chi connectivity index (χ1n) is 11.8. The average Bonchev–Trinajstić information content (AvgIpc) is 3.62. The molecule has 0 unspecified atom stereocenters. The number of hydrazine groups is 2. The van der Waals surface area contributed by atoms with Crippen molar-refractivity contribution >= 4 is 11.6 Å². The van der Waals surface area contributed by atoms with Crippen LogP contribution in [-0.4, -0.2) is 45.1 Å². The maximum absolute atomic E-state index is 13.9. The summed E-state index contributed by atoms with van der Waals surface area (Å²) in [6.45, 7) is 0.915. The van der Waals surface area contributed by atoms with Crippen LogP contribution < -0.4 is 21.7 Å². The molecule has 10 nitrogen and oxygen atoms in total. The van der Waals surface area contributed by atoms with E-state index in [0.717, 1.165) is 22.5 Å². The molecule has 0 spiro atoms. The Morgan fingerprint density at radius 1 is 1.08 bits per heavy atom. The molecule has 37 heavy (non-hydrogen) atoms. The van der Waals surface area contributed by atoms with Crippen LogP contribution in [0.2, 0.25) is 0 Å². The first-order valence-corrected chi connectivity index (χ1v) is 11.8. The summed E-state index contributed by atoms with van der Waals surface area (Å²) < 4.78 is 47.3. The summed E-state index contributed by atoms with van der Waals surface area (Å²) in [4.78, 5) is 18.2. The average molecular weight is 512 g/mol. The Balaban J connectivity index is 1.16. The van der Waals surface area contributed by atoms with Crippen LogP contribution in [0.3, 0.4) is 0 Å². The van der Waals surface area contributed by atoms with Crippen LogP contribution in [0.25, 0.3) is 11.6 Å². The third-order valence-corrected chi connectivity index (χ3v) is 6.69. The monoisotopic (exact) mass is 512 g/mol. The first-order chi connectivity index (χ1) is 17.8. The lowest BCUT2D eigenvalue weighted by Crippen LogP contribution is -2.40. The van der Waals surface area contributed by atoms with E-state index < -0.39 is 11.9 Å². The molecule has 0 fully saturated rings. The fraction of sp³-hybridized carbons (Fsp3) is 0.333. The summed E-state index contributed by atoms with van der Waals surface area (Å²) in [5, 5.41) is 10.7. The van der Waals surface area contributed by atoms with Crippen LogP contribution in [0.15, 0.2) is 52.2 Å². The van der Waals surface area contributed by atoms with Gasteiger partial charge in [-0.3, -0.25) is 4.79 Å². The molecule has 4 N–H and O–H groups in total. The van der Waals surface area contributed by atoms with Crippen molar-refractivity contribution in [2.45, 2.75) is 37.9 Å². The smallest absolute Gasteiger partial charge is 0.419 e. The number of pyridine rings is 1. The van der Waals surface area contributed by atoms with Crippen molar-refractivity contribution in [3.05, 3.63) is 70.5 Å². The van der Waals surface area contributed by atoms with Gasteiger partial charge in [0.15, 0.2) is 5.69 Å². The van der Waals surface area contributed by atoms with Crippen molar-refractivity contribution in [2.24, 2.45) is 0 Å². The van der Waals surface area contributed by atoms with Gasteiger partial charge < -0.3 is 25.5 Å². The molecule has 13 heteroatoms. The van der Waals surface area contributed by atoms with E-state index in [2.05, 4.69) is 36.9 Å². The number of nitrogens with zero attached hydrogens (tertiary/aromatic N) is 4. The number of hydrogen-bond acceptors (Lipinski definition) is 9. The van der Waals surface area contributed by atoms with E-state index >= 15 is 0 Å². The maximum atomic E-state index is 13.9. The Morgan fingerprint density at radius 3 is 2.59 bits per heavy atom. The topological polar surface area (TPSA) is 120 Å². The number of hydrogen-bond donors (Lipinski definition) is 4. The number of nitrogens with one attached hydrogen (secondary N) is 4. The fourth-order valence-electron chi connectivity index (χ4n) is 4.87.